The number of nitrogens with one attached hydrogen (secondary N) is 1. The van der Waals surface area contributed by atoms with Crippen LogP contribution in [0.3, 0.4) is 0 Å². The van der Waals surface area contributed by atoms with E-state index in [-0.39, 0.29) is 23.7 Å². The smallest absolute Gasteiger partial charge is 0.280 e. The van der Waals surface area contributed by atoms with E-state index in [2.05, 4.69) is 15.0 Å². The van der Waals surface area contributed by atoms with Gasteiger partial charge in [-0.25, -0.2) is 4.98 Å². The number of aliphatic hydroxyl groups is 3. The molecule has 21 heavy (non-hydrogen) atoms. The van der Waals surface area contributed by atoms with E-state index >= 15 is 0 Å². The van der Waals surface area contributed by atoms with Gasteiger partial charge >= 0.3 is 0 Å². The van der Waals surface area contributed by atoms with Gasteiger partial charge in [0, 0.05) is 5.41 Å². The molecule has 0 bridgehead atoms. The summed E-state index contributed by atoms with van der Waals surface area (Å²) in [7, 11) is 0. The van der Waals surface area contributed by atoms with E-state index in [0.717, 1.165) is 0 Å². The summed E-state index contributed by atoms with van der Waals surface area (Å²) in [6.07, 6.45) is -0.465. The van der Waals surface area contributed by atoms with Gasteiger partial charge in [0.05, 0.1) is 25.1 Å². The first-order chi connectivity index (χ1) is 9.87. The second kappa shape index (κ2) is 4.52. The topological polar surface area (TPSA) is 150 Å². The van der Waals surface area contributed by atoms with E-state index in [4.69, 9.17) is 5.73 Å². The van der Waals surface area contributed by atoms with E-state index in [1.165, 1.54) is 10.9 Å². The lowest BCUT2D eigenvalue weighted by Gasteiger charge is -2.25. The molecule has 1 aliphatic rings. The minimum absolute atomic E-state index is 0.0489. The molecule has 0 saturated heterocycles. The Labute approximate surface area is 119 Å². The molecule has 0 unspecified atom stereocenters. The Morgan fingerprint density at radius 2 is 2.29 bits per heavy atom. The Hall–Kier alpha value is -1.97. The number of fused-ring (bicyclic) bond motifs is 1. The van der Waals surface area contributed by atoms with Crippen molar-refractivity contribution in [3.05, 3.63) is 16.7 Å². The minimum Gasteiger partial charge on any atom is -0.396 e. The fraction of sp³-hybridized carbons (Fsp3) is 0.583. The summed E-state index contributed by atoms with van der Waals surface area (Å²) in [6.45, 7) is 1.43. The lowest BCUT2D eigenvalue weighted by Crippen LogP contribution is -2.36. The summed E-state index contributed by atoms with van der Waals surface area (Å²) < 4.78 is 1.52. The maximum Gasteiger partial charge on any atom is 0.280 e. The maximum absolute atomic E-state index is 11.8. The summed E-state index contributed by atoms with van der Waals surface area (Å²) >= 11 is 0. The number of nitrogens with zero attached hydrogens (tertiary/aromatic N) is 3. The van der Waals surface area contributed by atoms with Gasteiger partial charge in [0.25, 0.3) is 5.56 Å². The van der Waals surface area contributed by atoms with Crippen LogP contribution < -0.4 is 11.3 Å². The van der Waals surface area contributed by atoms with Gasteiger partial charge in [0.1, 0.15) is 6.10 Å². The Bertz CT molecular complexity index is 741. The van der Waals surface area contributed by atoms with Crippen LogP contribution in [0.4, 0.5) is 5.95 Å². The molecule has 2 aromatic rings. The summed E-state index contributed by atoms with van der Waals surface area (Å²) in [5.74, 6) is -0.0489. The molecule has 0 radical (unpaired) electrons. The molecule has 0 spiro atoms. The van der Waals surface area contributed by atoms with Crippen molar-refractivity contribution < 1.29 is 15.3 Å². The number of aromatic amines is 1. The van der Waals surface area contributed by atoms with Crippen molar-refractivity contribution >= 4 is 17.1 Å². The van der Waals surface area contributed by atoms with Crippen molar-refractivity contribution in [3.8, 4) is 0 Å². The van der Waals surface area contributed by atoms with E-state index in [0.29, 0.717) is 6.42 Å². The average Bonchev–Trinajstić information content (AvgIpc) is 2.95. The van der Waals surface area contributed by atoms with Crippen molar-refractivity contribution in [2.24, 2.45) is 5.41 Å². The van der Waals surface area contributed by atoms with Gasteiger partial charge in [0.15, 0.2) is 11.2 Å². The molecule has 6 N–H and O–H groups in total. The lowest BCUT2D eigenvalue weighted by atomic mass is 9.87. The number of hydrogen-bond acceptors (Lipinski definition) is 7. The fourth-order valence-corrected chi connectivity index (χ4v) is 2.95. The normalized spacial score (nSPS) is 32.9. The van der Waals surface area contributed by atoms with Crippen molar-refractivity contribution in [2.75, 3.05) is 12.3 Å². The van der Waals surface area contributed by atoms with Crippen LogP contribution in [0.25, 0.3) is 11.2 Å². The van der Waals surface area contributed by atoms with Gasteiger partial charge in [0.2, 0.25) is 5.95 Å². The molecule has 1 aliphatic carbocycles. The molecule has 114 valence electrons. The number of nitrogens with two attached hydrogens (primary N) is 1. The van der Waals surface area contributed by atoms with E-state index < -0.39 is 29.2 Å². The summed E-state index contributed by atoms with van der Waals surface area (Å²) in [6, 6.07) is -0.546. The third-order valence-corrected chi connectivity index (χ3v) is 4.28. The van der Waals surface area contributed by atoms with Crippen molar-refractivity contribution in [2.45, 2.75) is 31.6 Å². The molecular formula is C12H17N5O4. The van der Waals surface area contributed by atoms with Crippen LogP contribution >= 0.6 is 0 Å². The number of nitrogen functional groups attached to an aromatic ring is 1. The quantitative estimate of drug-likeness (QED) is 0.446. The highest BCUT2D eigenvalue weighted by atomic mass is 16.3. The van der Waals surface area contributed by atoms with Crippen LogP contribution in [-0.2, 0) is 0 Å². The second-order valence-electron chi connectivity index (χ2n) is 5.79. The molecule has 0 amide bonds. The predicted octanol–water partition coefficient (Wildman–Crippen LogP) is -1.63. The molecule has 2 aromatic heterocycles. The maximum atomic E-state index is 11.8. The number of H-pyrrole nitrogens is 1. The van der Waals surface area contributed by atoms with Gasteiger partial charge in [-0.3, -0.25) is 9.78 Å². The molecule has 9 heteroatoms. The Balaban J connectivity index is 2.12. The third kappa shape index (κ3) is 1.93. The zero-order valence-electron chi connectivity index (χ0n) is 11.4. The molecule has 9 nitrogen and oxygen atoms in total. The van der Waals surface area contributed by atoms with E-state index in [1.807, 2.05) is 0 Å². The van der Waals surface area contributed by atoms with Crippen LogP contribution in [0, 0.1) is 5.41 Å². The van der Waals surface area contributed by atoms with Crippen LogP contribution in [0.15, 0.2) is 11.1 Å². The van der Waals surface area contributed by atoms with Crippen LogP contribution in [0.2, 0.25) is 0 Å². The van der Waals surface area contributed by atoms with E-state index in [9.17, 15) is 20.1 Å². The van der Waals surface area contributed by atoms with Gasteiger partial charge in [-0.05, 0) is 6.42 Å². The largest absolute Gasteiger partial charge is 0.396 e. The van der Waals surface area contributed by atoms with Crippen molar-refractivity contribution in [1.29, 1.82) is 0 Å². The van der Waals surface area contributed by atoms with Crippen molar-refractivity contribution in [3.63, 3.8) is 0 Å². The van der Waals surface area contributed by atoms with E-state index in [1.54, 1.807) is 6.92 Å². The van der Waals surface area contributed by atoms with Gasteiger partial charge in [-0.2, -0.15) is 4.98 Å². The molecule has 2 heterocycles. The molecule has 1 fully saturated rings. The molecule has 0 aromatic carbocycles. The average molecular weight is 295 g/mol. The first-order valence-corrected chi connectivity index (χ1v) is 6.57. The number of rotatable bonds is 2. The van der Waals surface area contributed by atoms with Gasteiger partial charge < -0.3 is 25.6 Å². The summed E-state index contributed by atoms with van der Waals surface area (Å²) in [4.78, 5) is 22.1. The summed E-state index contributed by atoms with van der Waals surface area (Å²) in [5.41, 5.74) is 4.60. The first-order valence-electron chi connectivity index (χ1n) is 6.57. The van der Waals surface area contributed by atoms with Gasteiger partial charge in [-0.1, -0.05) is 6.92 Å². The highest BCUT2D eigenvalue weighted by molar-refractivity contribution is 5.70. The third-order valence-electron chi connectivity index (χ3n) is 4.28. The lowest BCUT2D eigenvalue weighted by molar-refractivity contribution is -0.0403. The zero-order chi connectivity index (χ0) is 15.4. The zero-order valence-corrected chi connectivity index (χ0v) is 11.4. The van der Waals surface area contributed by atoms with Crippen LogP contribution in [-0.4, -0.2) is 53.7 Å². The molecule has 0 aliphatic heterocycles. The minimum atomic E-state index is -1.10. The number of anilines is 1. The number of imidazole rings is 1. The Morgan fingerprint density at radius 1 is 1.57 bits per heavy atom. The van der Waals surface area contributed by atoms with Gasteiger partial charge in [-0.15, -0.1) is 0 Å². The van der Waals surface area contributed by atoms with Crippen molar-refractivity contribution in [1.82, 2.24) is 19.5 Å². The highest BCUT2D eigenvalue weighted by Crippen LogP contribution is 2.44. The number of aliphatic hydroxyl groups excluding tert-OH is 3. The molecule has 1 saturated carbocycles. The second-order valence-corrected chi connectivity index (χ2v) is 5.79. The first kappa shape index (κ1) is 14.0. The SMILES string of the molecule is C[C@]1(CO)C[C@@H](n2cnc3c(=O)[nH]c(N)nc32)[C@H](O)[C@@H]1O. The van der Waals surface area contributed by atoms with Crippen LogP contribution in [0.5, 0.6) is 0 Å². The number of hydrogen-bond donors (Lipinski definition) is 5. The highest BCUT2D eigenvalue weighted by Gasteiger charge is 2.50. The number of aromatic nitrogens is 4. The monoisotopic (exact) mass is 295 g/mol. The predicted molar refractivity (Wildman–Crippen MR) is 73.4 cm³/mol. The Morgan fingerprint density at radius 3 is 2.90 bits per heavy atom. The van der Waals surface area contributed by atoms with Crippen LogP contribution in [0.1, 0.15) is 19.4 Å². The Kier molecular flexibility index (Phi) is 3.01. The standard InChI is InChI=1S/C12H17N5O4/c1-12(3-18)2-5(7(19)8(12)20)17-4-14-6-9(17)15-11(13)16-10(6)21/h4-5,7-8,18-20H,2-3H2,1H3,(H3,13,15,16,21)/t5-,7+,8+,12-/m1/s1. The molecule has 4 atom stereocenters. The fourth-order valence-electron chi connectivity index (χ4n) is 2.95. The molecule has 3 rings (SSSR count). The summed E-state index contributed by atoms with van der Waals surface area (Å²) in [5, 5.41) is 29.8. The molecular weight excluding hydrogens is 278 g/mol.